The minimum absolute atomic E-state index is 0.227. The van der Waals surface area contributed by atoms with Gasteiger partial charge in [-0.3, -0.25) is 0 Å². The number of aromatic nitrogens is 2. The number of thiophene rings is 1. The predicted molar refractivity (Wildman–Crippen MR) is 69.6 cm³/mol. The van der Waals surface area contributed by atoms with Crippen molar-refractivity contribution in [3.63, 3.8) is 0 Å². The van der Waals surface area contributed by atoms with E-state index in [4.69, 9.17) is 0 Å². The molecule has 5 heteroatoms. The zero-order chi connectivity index (χ0) is 11.8. The van der Waals surface area contributed by atoms with Crippen LogP contribution in [-0.4, -0.2) is 34.3 Å². The van der Waals surface area contributed by atoms with Gasteiger partial charge in [0.25, 0.3) is 0 Å². The molecule has 4 nitrogen and oxygen atoms in total. The maximum absolute atomic E-state index is 9.74. The smallest absolute Gasteiger partial charge is 0.150 e. The number of hydrogen-bond acceptors (Lipinski definition) is 5. The van der Waals surface area contributed by atoms with E-state index in [2.05, 4.69) is 27.2 Å². The van der Waals surface area contributed by atoms with Gasteiger partial charge < -0.3 is 10.0 Å². The first-order chi connectivity index (χ1) is 8.25. The molecular weight excluding hydrogens is 234 g/mol. The number of rotatable bonds is 1. The molecule has 1 unspecified atom stereocenters. The minimum atomic E-state index is -0.227. The Morgan fingerprint density at radius 1 is 1.47 bits per heavy atom. The number of anilines is 1. The van der Waals surface area contributed by atoms with Crippen molar-refractivity contribution < 1.29 is 5.11 Å². The van der Waals surface area contributed by atoms with Crippen LogP contribution in [0, 0.1) is 6.92 Å². The molecule has 90 valence electrons. The van der Waals surface area contributed by atoms with Crippen molar-refractivity contribution in [2.75, 3.05) is 18.0 Å². The molecule has 1 fully saturated rings. The van der Waals surface area contributed by atoms with E-state index in [0.717, 1.165) is 35.4 Å². The molecule has 0 radical (unpaired) electrons. The van der Waals surface area contributed by atoms with Gasteiger partial charge in [0.05, 0.1) is 16.3 Å². The number of hydrogen-bond donors (Lipinski definition) is 1. The molecule has 1 aliphatic heterocycles. The van der Waals surface area contributed by atoms with Gasteiger partial charge in [-0.1, -0.05) is 0 Å². The largest absolute Gasteiger partial charge is 0.391 e. The fraction of sp³-hybridized carbons (Fsp3) is 0.500. The predicted octanol–water partition coefficient (Wildman–Crippen LogP) is 1.96. The summed E-state index contributed by atoms with van der Waals surface area (Å²) in [4.78, 5) is 10.9. The zero-order valence-electron chi connectivity index (χ0n) is 9.76. The van der Waals surface area contributed by atoms with Crippen LogP contribution in [0.2, 0.25) is 0 Å². The van der Waals surface area contributed by atoms with Crippen molar-refractivity contribution in [2.24, 2.45) is 0 Å². The number of aryl methyl sites for hydroxylation is 1. The molecule has 0 spiro atoms. The maximum atomic E-state index is 9.74. The van der Waals surface area contributed by atoms with Gasteiger partial charge in [-0.25, -0.2) is 9.97 Å². The highest BCUT2D eigenvalue weighted by molar-refractivity contribution is 7.18. The van der Waals surface area contributed by atoms with Gasteiger partial charge in [0.15, 0.2) is 0 Å². The molecular formula is C12H15N3OS. The first-order valence-corrected chi connectivity index (χ1v) is 6.75. The third-order valence-corrected chi connectivity index (χ3v) is 4.29. The van der Waals surface area contributed by atoms with Gasteiger partial charge in [0.2, 0.25) is 0 Å². The van der Waals surface area contributed by atoms with Crippen molar-refractivity contribution in [1.29, 1.82) is 0 Å². The Morgan fingerprint density at radius 2 is 2.35 bits per heavy atom. The Morgan fingerprint density at radius 3 is 3.18 bits per heavy atom. The van der Waals surface area contributed by atoms with Gasteiger partial charge in [0, 0.05) is 13.1 Å². The SMILES string of the molecule is Cc1csc2c(N3CCCC(O)C3)ncnc12. The van der Waals surface area contributed by atoms with E-state index in [1.807, 2.05) is 0 Å². The monoisotopic (exact) mass is 249 g/mol. The van der Waals surface area contributed by atoms with Crippen LogP contribution < -0.4 is 4.90 Å². The lowest BCUT2D eigenvalue weighted by Gasteiger charge is -2.31. The molecule has 3 rings (SSSR count). The van der Waals surface area contributed by atoms with Crippen molar-refractivity contribution in [2.45, 2.75) is 25.9 Å². The van der Waals surface area contributed by atoms with Crippen LogP contribution in [0.4, 0.5) is 5.82 Å². The number of aliphatic hydroxyl groups is 1. The van der Waals surface area contributed by atoms with E-state index in [1.165, 1.54) is 5.56 Å². The Labute approximate surface area is 104 Å². The van der Waals surface area contributed by atoms with Crippen LogP contribution >= 0.6 is 11.3 Å². The average Bonchev–Trinajstić information content (AvgIpc) is 2.71. The zero-order valence-corrected chi connectivity index (χ0v) is 10.6. The topological polar surface area (TPSA) is 49.2 Å². The Bertz CT molecular complexity index is 540. The number of nitrogens with zero attached hydrogens (tertiary/aromatic N) is 3. The first-order valence-electron chi connectivity index (χ1n) is 5.87. The summed E-state index contributed by atoms with van der Waals surface area (Å²) in [5.74, 6) is 0.979. The van der Waals surface area contributed by atoms with E-state index in [1.54, 1.807) is 17.7 Å². The highest BCUT2D eigenvalue weighted by Crippen LogP contribution is 2.31. The number of β-amino-alcohol motifs (C(OH)–C–C–N with tert-alkyl or cyclic N) is 1. The van der Waals surface area contributed by atoms with Crippen LogP contribution in [0.15, 0.2) is 11.7 Å². The maximum Gasteiger partial charge on any atom is 0.150 e. The summed E-state index contributed by atoms with van der Waals surface area (Å²) in [5, 5.41) is 11.9. The molecule has 1 aliphatic rings. The molecule has 0 amide bonds. The number of aliphatic hydroxyl groups excluding tert-OH is 1. The van der Waals surface area contributed by atoms with Gasteiger partial charge in [-0.15, -0.1) is 11.3 Å². The Hall–Kier alpha value is -1.20. The van der Waals surface area contributed by atoms with Crippen LogP contribution in [0.1, 0.15) is 18.4 Å². The van der Waals surface area contributed by atoms with E-state index < -0.39 is 0 Å². The standard InChI is InChI=1S/C12H15N3OS/c1-8-6-17-11-10(8)13-7-14-12(11)15-4-2-3-9(16)5-15/h6-7,9,16H,2-5H2,1H3. The van der Waals surface area contributed by atoms with Gasteiger partial charge >= 0.3 is 0 Å². The summed E-state index contributed by atoms with van der Waals surface area (Å²) in [6, 6.07) is 0. The number of fused-ring (bicyclic) bond motifs is 1. The molecule has 2 aromatic rings. The van der Waals surface area contributed by atoms with E-state index in [-0.39, 0.29) is 6.10 Å². The second-order valence-corrected chi connectivity index (χ2v) is 5.42. The highest BCUT2D eigenvalue weighted by Gasteiger charge is 2.21. The van der Waals surface area contributed by atoms with Crippen molar-refractivity contribution in [1.82, 2.24) is 9.97 Å². The van der Waals surface area contributed by atoms with E-state index in [9.17, 15) is 5.11 Å². The third-order valence-electron chi connectivity index (χ3n) is 3.21. The molecule has 1 saturated heterocycles. The molecule has 0 aromatic carbocycles. The van der Waals surface area contributed by atoms with Crippen molar-refractivity contribution >= 4 is 27.4 Å². The number of piperidine rings is 1. The molecule has 17 heavy (non-hydrogen) atoms. The Balaban J connectivity index is 2.04. The molecule has 1 N–H and O–H groups in total. The molecule has 1 atom stereocenters. The van der Waals surface area contributed by atoms with E-state index in [0.29, 0.717) is 6.54 Å². The second kappa shape index (κ2) is 4.23. The highest BCUT2D eigenvalue weighted by atomic mass is 32.1. The van der Waals surface area contributed by atoms with Gasteiger partial charge in [-0.05, 0) is 30.7 Å². The van der Waals surface area contributed by atoms with Crippen molar-refractivity contribution in [3.8, 4) is 0 Å². The lowest BCUT2D eigenvalue weighted by atomic mass is 10.1. The molecule has 0 bridgehead atoms. The lowest BCUT2D eigenvalue weighted by molar-refractivity contribution is 0.154. The summed E-state index contributed by atoms with van der Waals surface area (Å²) in [6.45, 7) is 3.73. The molecule has 0 saturated carbocycles. The van der Waals surface area contributed by atoms with E-state index >= 15 is 0 Å². The van der Waals surface area contributed by atoms with Crippen LogP contribution in [0.3, 0.4) is 0 Å². The quantitative estimate of drug-likeness (QED) is 0.839. The van der Waals surface area contributed by atoms with Crippen LogP contribution in [-0.2, 0) is 0 Å². The summed E-state index contributed by atoms with van der Waals surface area (Å²) in [7, 11) is 0. The van der Waals surface area contributed by atoms with Crippen LogP contribution in [0.25, 0.3) is 10.2 Å². The summed E-state index contributed by atoms with van der Waals surface area (Å²) < 4.78 is 1.14. The molecule has 0 aliphatic carbocycles. The third kappa shape index (κ3) is 1.89. The van der Waals surface area contributed by atoms with Crippen LogP contribution in [0.5, 0.6) is 0 Å². The Kier molecular flexibility index (Phi) is 2.72. The fourth-order valence-corrected chi connectivity index (χ4v) is 3.35. The van der Waals surface area contributed by atoms with Crippen molar-refractivity contribution in [3.05, 3.63) is 17.3 Å². The molecule has 3 heterocycles. The second-order valence-electron chi connectivity index (χ2n) is 4.54. The first kappa shape index (κ1) is 10.9. The fourth-order valence-electron chi connectivity index (χ4n) is 2.33. The average molecular weight is 249 g/mol. The summed E-state index contributed by atoms with van der Waals surface area (Å²) >= 11 is 1.69. The van der Waals surface area contributed by atoms with Gasteiger partial charge in [0.1, 0.15) is 12.1 Å². The summed E-state index contributed by atoms with van der Waals surface area (Å²) in [6.07, 6.45) is 3.32. The summed E-state index contributed by atoms with van der Waals surface area (Å²) in [5.41, 5.74) is 2.24. The van der Waals surface area contributed by atoms with Gasteiger partial charge in [-0.2, -0.15) is 0 Å². The molecule has 2 aromatic heterocycles. The minimum Gasteiger partial charge on any atom is -0.391 e. The lowest BCUT2D eigenvalue weighted by Crippen LogP contribution is -2.38. The normalized spacial score (nSPS) is 21.1.